The maximum absolute atomic E-state index is 12.7. The smallest absolute Gasteiger partial charge is 0.255 e. The van der Waals surface area contributed by atoms with Gasteiger partial charge in [0.25, 0.3) is 5.91 Å². The molecule has 0 atom stereocenters. The van der Waals surface area contributed by atoms with E-state index in [1.54, 1.807) is 7.11 Å². The Bertz CT molecular complexity index is 1280. The van der Waals surface area contributed by atoms with Crippen molar-refractivity contribution in [1.29, 1.82) is 0 Å². The number of rotatable bonds is 4. The number of methoxy groups -OCH3 is 1. The Morgan fingerprint density at radius 2 is 1.84 bits per heavy atom. The molecule has 0 unspecified atom stereocenters. The van der Waals surface area contributed by atoms with Crippen molar-refractivity contribution >= 4 is 34.0 Å². The molecule has 31 heavy (non-hydrogen) atoms. The van der Waals surface area contributed by atoms with Crippen LogP contribution in [0.4, 0.5) is 17.2 Å². The molecule has 0 bridgehead atoms. The summed E-state index contributed by atoms with van der Waals surface area (Å²) in [7, 11) is 1.66. The lowest BCUT2D eigenvalue weighted by molar-refractivity contribution is 0.102. The number of nitrogens with one attached hydrogen (secondary N) is 1. The molecular formula is C26H23N3O2. The molecule has 1 aliphatic heterocycles. The predicted octanol–water partition coefficient (Wildman–Crippen LogP) is 5.50. The Hall–Kier alpha value is -3.86. The normalized spacial score (nSPS) is 12.6. The van der Waals surface area contributed by atoms with Gasteiger partial charge in [0.05, 0.1) is 12.6 Å². The summed E-state index contributed by atoms with van der Waals surface area (Å²) in [5, 5.41) is 4.10. The maximum atomic E-state index is 12.7. The summed E-state index contributed by atoms with van der Waals surface area (Å²) < 4.78 is 5.35. The highest BCUT2D eigenvalue weighted by molar-refractivity contribution is 6.04. The highest BCUT2D eigenvalue weighted by atomic mass is 16.5. The lowest BCUT2D eigenvalue weighted by Gasteiger charge is -2.19. The summed E-state index contributed by atoms with van der Waals surface area (Å²) in [5.74, 6) is 1.66. The highest BCUT2D eigenvalue weighted by Crippen LogP contribution is 2.35. The first-order valence-corrected chi connectivity index (χ1v) is 10.3. The van der Waals surface area contributed by atoms with Crippen molar-refractivity contribution in [3.05, 3.63) is 89.5 Å². The third kappa shape index (κ3) is 3.59. The summed E-state index contributed by atoms with van der Waals surface area (Å²) in [5.41, 5.74) is 5.68. The monoisotopic (exact) mass is 409 g/mol. The van der Waals surface area contributed by atoms with Crippen LogP contribution in [0.5, 0.6) is 5.75 Å². The molecular weight excluding hydrogens is 386 g/mol. The van der Waals surface area contributed by atoms with Gasteiger partial charge in [-0.05, 0) is 73.0 Å². The topological polar surface area (TPSA) is 54.5 Å². The number of carbonyl (C=O) groups is 1. The molecule has 154 valence electrons. The third-order valence-electron chi connectivity index (χ3n) is 5.78. The van der Waals surface area contributed by atoms with Gasteiger partial charge in [0, 0.05) is 34.9 Å². The molecule has 3 aromatic carbocycles. The van der Waals surface area contributed by atoms with E-state index in [0.717, 1.165) is 52.4 Å². The van der Waals surface area contributed by atoms with Gasteiger partial charge in [0.1, 0.15) is 11.6 Å². The minimum Gasteiger partial charge on any atom is -0.497 e. The fourth-order valence-corrected chi connectivity index (χ4v) is 4.02. The molecule has 1 N–H and O–H groups in total. The Morgan fingerprint density at radius 3 is 2.61 bits per heavy atom. The van der Waals surface area contributed by atoms with Crippen molar-refractivity contribution in [2.45, 2.75) is 13.3 Å². The number of hydrogen-bond acceptors (Lipinski definition) is 4. The number of aromatic nitrogens is 1. The molecule has 5 rings (SSSR count). The van der Waals surface area contributed by atoms with Gasteiger partial charge in [0.15, 0.2) is 0 Å². The maximum Gasteiger partial charge on any atom is 0.255 e. The third-order valence-corrected chi connectivity index (χ3v) is 5.78. The summed E-state index contributed by atoms with van der Waals surface area (Å²) in [6.07, 6.45) is 0.944. The number of hydrogen-bond donors (Lipinski definition) is 1. The molecule has 0 fully saturated rings. The lowest BCUT2D eigenvalue weighted by Crippen LogP contribution is -2.16. The number of pyridine rings is 1. The number of nitrogens with zero attached hydrogens (tertiary/aromatic N) is 2. The van der Waals surface area contributed by atoms with Crippen LogP contribution in [-0.2, 0) is 6.42 Å². The quantitative estimate of drug-likeness (QED) is 0.484. The fourth-order valence-electron chi connectivity index (χ4n) is 4.02. The first kappa shape index (κ1) is 19.1. The molecule has 1 aromatic heterocycles. The van der Waals surface area contributed by atoms with Gasteiger partial charge in [-0.3, -0.25) is 4.79 Å². The van der Waals surface area contributed by atoms with Gasteiger partial charge in [-0.25, -0.2) is 4.98 Å². The highest BCUT2D eigenvalue weighted by Gasteiger charge is 2.23. The molecule has 0 radical (unpaired) electrons. The Balaban J connectivity index is 1.40. The van der Waals surface area contributed by atoms with Crippen LogP contribution >= 0.6 is 0 Å². The zero-order valence-corrected chi connectivity index (χ0v) is 17.6. The Kier molecular flexibility index (Phi) is 4.79. The van der Waals surface area contributed by atoms with Crippen molar-refractivity contribution in [1.82, 2.24) is 4.98 Å². The number of aryl methyl sites for hydroxylation is 1. The van der Waals surface area contributed by atoms with Crippen LogP contribution in [0.2, 0.25) is 0 Å². The molecule has 0 saturated carbocycles. The fraction of sp³-hybridized carbons (Fsp3) is 0.154. The van der Waals surface area contributed by atoms with Crippen LogP contribution in [-0.4, -0.2) is 24.5 Å². The predicted molar refractivity (Wildman–Crippen MR) is 125 cm³/mol. The average molecular weight is 409 g/mol. The van der Waals surface area contributed by atoms with Crippen molar-refractivity contribution in [3.63, 3.8) is 0 Å². The lowest BCUT2D eigenvalue weighted by atomic mass is 10.1. The van der Waals surface area contributed by atoms with Crippen LogP contribution in [0.1, 0.15) is 21.5 Å². The number of anilines is 3. The summed E-state index contributed by atoms with van der Waals surface area (Å²) >= 11 is 0. The molecule has 0 aliphatic carbocycles. The minimum atomic E-state index is -0.112. The summed E-state index contributed by atoms with van der Waals surface area (Å²) in [6, 6.07) is 23.7. The van der Waals surface area contributed by atoms with Crippen molar-refractivity contribution in [2.75, 3.05) is 23.9 Å². The van der Waals surface area contributed by atoms with Crippen LogP contribution in [0, 0.1) is 6.92 Å². The van der Waals surface area contributed by atoms with E-state index in [1.807, 2.05) is 73.7 Å². The minimum absolute atomic E-state index is 0.112. The van der Waals surface area contributed by atoms with Gasteiger partial charge >= 0.3 is 0 Å². The van der Waals surface area contributed by atoms with E-state index in [-0.39, 0.29) is 5.91 Å². The molecule has 1 amide bonds. The molecule has 5 heteroatoms. The Labute approximate surface area is 181 Å². The Morgan fingerprint density at radius 1 is 1.03 bits per heavy atom. The second-order valence-electron chi connectivity index (χ2n) is 7.75. The van der Waals surface area contributed by atoms with Crippen molar-refractivity contribution in [2.24, 2.45) is 0 Å². The van der Waals surface area contributed by atoms with Crippen molar-refractivity contribution < 1.29 is 9.53 Å². The zero-order valence-electron chi connectivity index (χ0n) is 17.6. The van der Waals surface area contributed by atoms with Gasteiger partial charge in [-0.15, -0.1) is 0 Å². The van der Waals surface area contributed by atoms with Crippen LogP contribution in [0.15, 0.2) is 72.8 Å². The number of carbonyl (C=O) groups excluding carboxylic acids is 1. The number of fused-ring (bicyclic) bond motifs is 2. The van der Waals surface area contributed by atoms with Crippen LogP contribution in [0.3, 0.4) is 0 Å². The first-order chi connectivity index (χ1) is 15.1. The number of ether oxygens (including phenoxy) is 1. The van der Waals surface area contributed by atoms with Crippen LogP contribution in [0.25, 0.3) is 10.9 Å². The SMILES string of the molecule is COc1ccc2cc3c(nc2c1)N(c1ccc(C(=O)Nc2ccccc2C)cc1)CC3. The number of para-hydroxylation sites is 1. The van der Waals surface area contributed by atoms with E-state index >= 15 is 0 Å². The largest absolute Gasteiger partial charge is 0.497 e. The van der Waals surface area contributed by atoms with Gasteiger partial charge < -0.3 is 15.0 Å². The van der Waals surface area contributed by atoms with Crippen molar-refractivity contribution in [3.8, 4) is 5.75 Å². The summed E-state index contributed by atoms with van der Waals surface area (Å²) in [4.78, 5) is 19.8. The molecule has 0 spiro atoms. The molecule has 0 saturated heterocycles. The van der Waals surface area contributed by atoms with Gasteiger partial charge in [0.2, 0.25) is 0 Å². The van der Waals surface area contributed by atoms with E-state index in [4.69, 9.17) is 9.72 Å². The standard InChI is InChI=1S/C26H23N3O2/c1-17-5-3-4-6-23(17)28-26(30)18-7-10-21(11-8-18)29-14-13-20-15-19-9-12-22(31-2)16-24(19)27-25(20)29/h3-12,15-16H,13-14H2,1-2H3,(H,28,30). The second kappa shape index (κ2) is 7.76. The molecule has 4 aromatic rings. The first-order valence-electron chi connectivity index (χ1n) is 10.3. The summed E-state index contributed by atoms with van der Waals surface area (Å²) in [6.45, 7) is 2.85. The van der Waals surface area contributed by atoms with Crippen LogP contribution < -0.4 is 15.0 Å². The van der Waals surface area contributed by atoms with Gasteiger partial charge in [-0.2, -0.15) is 0 Å². The molecule has 5 nitrogen and oxygen atoms in total. The van der Waals surface area contributed by atoms with E-state index in [0.29, 0.717) is 5.56 Å². The van der Waals surface area contributed by atoms with E-state index < -0.39 is 0 Å². The zero-order chi connectivity index (χ0) is 21.4. The number of benzene rings is 3. The number of amides is 1. The van der Waals surface area contributed by atoms with E-state index in [1.165, 1.54) is 5.56 Å². The average Bonchev–Trinajstić information content (AvgIpc) is 3.21. The van der Waals surface area contributed by atoms with E-state index in [2.05, 4.69) is 16.3 Å². The van der Waals surface area contributed by atoms with Gasteiger partial charge in [-0.1, -0.05) is 18.2 Å². The molecule has 1 aliphatic rings. The molecule has 2 heterocycles. The van der Waals surface area contributed by atoms with E-state index in [9.17, 15) is 4.79 Å². The second-order valence-corrected chi connectivity index (χ2v) is 7.75.